The number of halogens is 1. The first kappa shape index (κ1) is 16.8. The zero-order chi connectivity index (χ0) is 15.9. The number of piperidine rings is 1. The Kier molecular flexibility index (Phi) is 6.21. The predicted octanol–water partition coefficient (Wildman–Crippen LogP) is 2.42. The number of carbonyl (C=O) groups is 2. The lowest BCUT2D eigenvalue weighted by atomic mass is 9.97. The number of amides is 2. The van der Waals surface area contributed by atoms with E-state index in [1.165, 1.54) is 0 Å². The van der Waals surface area contributed by atoms with Gasteiger partial charge in [-0.1, -0.05) is 18.5 Å². The minimum absolute atomic E-state index is 0.0146. The topological polar surface area (TPSA) is 70.2 Å². The first-order chi connectivity index (χ1) is 10.6. The molecule has 0 saturated carbocycles. The molecule has 1 heterocycles. The average molecular weight is 324 g/mol. The summed E-state index contributed by atoms with van der Waals surface area (Å²) < 4.78 is 0. The molecule has 1 saturated heterocycles. The maximum absolute atomic E-state index is 12.2. The molecule has 0 radical (unpaired) electrons. The van der Waals surface area contributed by atoms with Crippen molar-refractivity contribution in [3.63, 3.8) is 0 Å². The summed E-state index contributed by atoms with van der Waals surface area (Å²) in [5.41, 5.74) is 1.05. The van der Waals surface area contributed by atoms with Gasteiger partial charge in [0.2, 0.25) is 5.91 Å². The van der Waals surface area contributed by atoms with Crippen LogP contribution in [0.15, 0.2) is 18.2 Å². The van der Waals surface area contributed by atoms with Gasteiger partial charge in [0.25, 0.3) is 5.91 Å². The second-order valence-electron chi connectivity index (χ2n) is 5.46. The van der Waals surface area contributed by atoms with Crippen molar-refractivity contribution in [1.29, 1.82) is 0 Å². The molecule has 6 heteroatoms. The number of anilines is 1. The van der Waals surface area contributed by atoms with Crippen molar-refractivity contribution < 1.29 is 9.59 Å². The Bertz CT molecular complexity index is 542. The fraction of sp³-hybridized carbons (Fsp3) is 0.500. The summed E-state index contributed by atoms with van der Waals surface area (Å²) >= 11 is 6.15. The highest BCUT2D eigenvalue weighted by Gasteiger charge is 2.21. The predicted molar refractivity (Wildman–Crippen MR) is 88.3 cm³/mol. The summed E-state index contributed by atoms with van der Waals surface area (Å²) in [7, 11) is 0. The Hall–Kier alpha value is -1.59. The third kappa shape index (κ3) is 4.45. The van der Waals surface area contributed by atoms with Crippen molar-refractivity contribution in [3.8, 4) is 0 Å². The van der Waals surface area contributed by atoms with Gasteiger partial charge in [-0.05, 0) is 50.6 Å². The van der Waals surface area contributed by atoms with Gasteiger partial charge in [0.05, 0.1) is 10.6 Å². The molecule has 0 bridgehead atoms. The van der Waals surface area contributed by atoms with Gasteiger partial charge in [-0.3, -0.25) is 9.59 Å². The van der Waals surface area contributed by atoms with Gasteiger partial charge in [0, 0.05) is 18.2 Å². The molecule has 1 aliphatic heterocycles. The van der Waals surface area contributed by atoms with E-state index in [2.05, 4.69) is 16.0 Å². The van der Waals surface area contributed by atoms with Crippen LogP contribution in [0, 0.1) is 5.92 Å². The van der Waals surface area contributed by atoms with Crippen LogP contribution in [-0.2, 0) is 4.79 Å². The summed E-state index contributed by atoms with van der Waals surface area (Å²) in [5, 5.41) is 9.24. The maximum atomic E-state index is 12.2. The van der Waals surface area contributed by atoms with Gasteiger partial charge in [-0.15, -0.1) is 0 Å². The van der Waals surface area contributed by atoms with Gasteiger partial charge < -0.3 is 16.0 Å². The summed E-state index contributed by atoms with van der Waals surface area (Å²) in [6.45, 7) is 4.34. The zero-order valence-electron chi connectivity index (χ0n) is 12.7. The minimum Gasteiger partial charge on any atom is -0.352 e. The quantitative estimate of drug-likeness (QED) is 0.779. The highest BCUT2D eigenvalue weighted by molar-refractivity contribution is 6.34. The normalized spacial score (nSPS) is 15.4. The van der Waals surface area contributed by atoms with Gasteiger partial charge in [0.1, 0.15) is 0 Å². The Morgan fingerprint density at radius 1 is 1.32 bits per heavy atom. The van der Waals surface area contributed by atoms with Crippen molar-refractivity contribution >= 4 is 29.1 Å². The molecule has 0 aromatic heterocycles. The third-order valence-electron chi connectivity index (χ3n) is 3.73. The number of carbonyl (C=O) groups excluding carboxylic acids is 2. The van der Waals surface area contributed by atoms with Crippen molar-refractivity contribution in [2.24, 2.45) is 5.92 Å². The van der Waals surface area contributed by atoms with Gasteiger partial charge in [-0.2, -0.15) is 0 Å². The number of rotatable bonds is 5. The second kappa shape index (κ2) is 8.15. The van der Waals surface area contributed by atoms with Gasteiger partial charge in [0.15, 0.2) is 0 Å². The zero-order valence-corrected chi connectivity index (χ0v) is 13.5. The molecular weight excluding hydrogens is 302 g/mol. The van der Waals surface area contributed by atoms with Crippen LogP contribution in [-0.4, -0.2) is 31.4 Å². The Morgan fingerprint density at radius 3 is 2.68 bits per heavy atom. The molecule has 1 fully saturated rings. The molecule has 5 nitrogen and oxygen atoms in total. The van der Waals surface area contributed by atoms with Crippen LogP contribution in [0.25, 0.3) is 0 Å². The highest BCUT2D eigenvalue weighted by Crippen LogP contribution is 2.22. The van der Waals surface area contributed by atoms with Crippen LogP contribution in [0.3, 0.4) is 0 Å². The van der Waals surface area contributed by atoms with E-state index in [1.807, 2.05) is 6.92 Å². The lowest BCUT2D eigenvalue weighted by Crippen LogP contribution is -2.34. The van der Waals surface area contributed by atoms with Gasteiger partial charge >= 0.3 is 0 Å². The molecule has 0 unspecified atom stereocenters. The van der Waals surface area contributed by atoms with E-state index in [-0.39, 0.29) is 17.7 Å². The Morgan fingerprint density at radius 2 is 2.05 bits per heavy atom. The number of hydrogen-bond acceptors (Lipinski definition) is 3. The largest absolute Gasteiger partial charge is 0.352 e. The molecule has 3 N–H and O–H groups in total. The van der Waals surface area contributed by atoms with E-state index < -0.39 is 0 Å². The Balaban J connectivity index is 1.99. The molecule has 2 rings (SSSR count). The van der Waals surface area contributed by atoms with Crippen molar-refractivity contribution in [1.82, 2.24) is 10.6 Å². The number of nitrogens with one attached hydrogen (secondary N) is 3. The fourth-order valence-corrected chi connectivity index (χ4v) is 2.71. The minimum atomic E-state index is -0.192. The van der Waals surface area contributed by atoms with E-state index in [4.69, 9.17) is 11.6 Å². The molecule has 0 aliphatic carbocycles. The van der Waals surface area contributed by atoms with Crippen LogP contribution in [0.1, 0.15) is 36.5 Å². The fourth-order valence-electron chi connectivity index (χ4n) is 2.44. The summed E-state index contributed by atoms with van der Waals surface area (Å²) in [5.74, 6) is -0.142. The molecule has 1 aromatic rings. The van der Waals surface area contributed by atoms with Crippen molar-refractivity contribution in [2.45, 2.75) is 26.2 Å². The van der Waals surface area contributed by atoms with E-state index >= 15 is 0 Å². The smallest absolute Gasteiger partial charge is 0.252 e. The monoisotopic (exact) mass is 323 g/mol. The summed E-state index contributed by atoms with van der Waals surface area (Å²) in [6.07, 6.45) is 2.56. The lowest BCUT2D eigenvalue weighted by molar-refractivity contribution is -0.120. The molecular formula is C16H22ClN3O2. The molecule has 120 valence electrons. The van der Waals surface area contributed by atoms with Crippen LogP contribution in [0.2, 0.25) is 5.02 Å². The third-order valence-corrected chi connectivity index (χ3v) is 4.04. The highest BCUT2D eigenvalue weighted by atomic mass is 35.5. The number of benzene rings is 1. The molecule has 0 spiro atoms. The SMILES string of the molecule is CCCNC(=O)c1ccc(NC(=O)C2CCNCC2)cc1Cl. The average Bonchev–Trinajstić information content (AvgIpc) is 2.53. The maximum Gasteiger partial charge on any atom is 0.252 e. The molecule has 1 aromatic carbocycles. The van der Waals surface area contributed by atoms with E-state index in [0.717, 1.165) is 32.4 Å². The standard InChI is InChI=1S/C16H22ClN3O2/c1-2-7-19-16(22)13-4-3-12(10-14(13)17)20-15(21)11-5-8-18-9-6-11/h3-4,10-11,18H,2,5-9H2,1H3,(H,19,22)(H,20,21). The van der Waals surface area contributed by atoms with Gasteiger partial charge in [-0.25, -0.2) is 0 Å². The van der Waals surface area contributed by atoms with Crippen molar-refractivity contribution in [3.05, 3.63) is 28.8 Å². The summed E-state index contributed by atoms with van der Waals surface area (Å²) in [4.78, 5) is 24.1. The molecule has 1 aliphatic rings. The first-order valence-corrected chi connectivity index (χ1v) is 8.09. The van der Waals surface area contributed by atoms with Crippen LogP contribution < -0.4 is 16.0 Å². The van der Waals surface area contributed by atoms with Crippen LogP contribution in [0.5, 0.6) is 0 Å². The van der Waals surface area contributed by atoms with Crippen LogP contribution >= 0.6 is 11.6 Å². The van der Waals surface area contributed by atoms with E-state index in [1.54, 1.807) is 18.2 Å². The molecule has 0 atom stereocenters. The first-order valence-electron chi connectivity index (χ1n) is 7.71. The Labute approximate surface area is 135 Å². The van der Waals surface area contributed by atoms with E-state index in [9.17, 15) is 9.59 Å². The summed E-state index contributed by atoms with van der Waals surface area (Å²) in [6, 6.07) is 4.98. The molecule has 22 heavy (non-hydrogen) atoms. The molecule has 2 amide bonds. The van der Waals surface area contributed by atoms with E-state index in [0.29, 0.717) is 22.8 Å². The van der Waals surface area contributed by atoms with Crippen molar-refractivity contribution in [2.75, 3.05) is 25.0 Å². The second-order valence-corrected chi connectivity index (χ2v) is 5.87. The lowest BCUT2D eigenvalue weighted by Gasteiger charge is -2.21. The number of hydrogen-bond donors (Lipinski definition) is 3. The van der Waals surface area contributed by atoms with Crippen LogP contribution in [0.4, 0.5) is 5.69 Å².